The Morgan fingerprint density at radius 1 is 1.25 bits per heavy atom. The molecule has 0 fully saturated rings. The lowest BCUT2D eigenvalue weighted by Crippen LogP contribution is -2.00. The Hall–Kier alpha value is -1.51. The lowest BCUT2D eigenvalue weighted by atomic mass is 9.92. The molecular formula is C13H12F2O. The van der Waals surface area contributed by atoms with Gasteiger partial charge in [0, 0.05) is 12.5 Å². The molecule has 0 saturated carbocycles. The van der Waals surface area contributed by atoms with Crippen LogP contribution in [0.15, 0.2) is 24.3 Å². The summed E-state index contributed by atoms with van der Waals surface area (Å²) in [7, 11) is 0. The van der Waals surface area contributed by atoms with E-state index in [1.54, 1.807) is 0 Å². The van der Waals surface area contributed by atoms with Gasteiger partial charge >= 0.3 is 0 Å². The zero-order valence-electron chi connectivity index (χ0n) is 8.75. The fourth-order valence-corrected chi connectivity index (χ4v) is 2.20. The van der Waals surface area contributed by atoms with Crippen molar-refractivity contribution in [1.29, 1.82) is 0 Å². The third kappa shape index (κ3) is 2.18. The second-order valence-electron chi connectivity index (χ2n) is 3.99. The third-order valence-electron chi connectivity index (χ3n) is 2.90. The van der Waals surface area contributed by atoms with Crippen LogP contribution in [0.3, 0.4) is 0 Å². The molecule has 16 heavy (non-hydrogen) atoms. The molecule has 0 radical (unpaired) electrons. The van der Waals surface area contributed by atoms with Gasteiger partial charge in [-0.3, -0.25) is 0 Å². The highest BCUT2D eigenvalue weighted by molar-refractivity contribution is 5.71. The summed E-state index contributed by atoms with van der Waals surface area (Å²) in [5, 5.41) is 0. The first-order valence-electron chi connectivity index (χ1n) is 5.31. The van der Waals surface area contributed by atoms with Crippen molar-refractivity contribution in [2.24, 2.45) is 5.92 Å². The largest absolute Gasteiger partial charge is 0.303 e. The predicted molar refractivity (Wildman–Crippen MR) is 57.7 cm³/mol. The summed E-state index contributed by atoms with van der Waals surface area (Å²) in [5.41, 5.74) is 1.45. The van der Waals surface area contributed by atoms with Crippen LogP contribution in [0.1, 0.15) is 24.8 Å². The second kappa shape index (κ2) is 4.56. The number of halogens is 2. The van der Waals surface area contributed by atoms with Crippen molar-refractivity contribution in [2.45, 2.75) is 19.3 Å². The Balaban J connectivity index is 2.32. The van der Waals surface area contributed by atoms with Crippen LogP contribution in [0.4, 0.5) is 8.78 Å². The van der Waals surface area contributed by atoms with E-state index in [-0.39, 0.29) is 5.92 Å². The molecular weight excluding hydrogens is 210 g/mol. The molecule has 0 spiro atoms. The van der Waals surface area contributed by atoms with E-state index < -0.39 is 11.6 Å². The van der Waals surface area contributed by atoms with Gasteiger partial charge < -0.3 is 4.79 Å². The fourth-order valence-electron chi connectivity index (χ4n) is 2.20. The van der Waals surface area contributed by atoms with E-state index in [4.69, 9.17) is 0 Å². The van der Waals surface area contributed by atoms with E-state index in [9.17, 15) is 13.6 Å². The normalized spacial score (nSPS) is 19.6. The molecule has 84 valence electrons. The van der Waals surface area contributed by atoms with E-state index in [0.717, 1.165) is 30.8 Å². The number of hydrogen-bond donors (Lipinski definition) is 0. The van der Waals surface area contributed by atoms with Crippen molar-refractivity contribution in [1.82, 2.24) is 0 Å². The highest BCUT2D eigenvalue weighted by atomic mass is 19.1. The van der Waals surface area contributed by atoms with Crippen LogP contribution in [-0.4, -0.2) is 6.29 Å². The summed E-state index contributed by atoms with van der Waals surface area (Å²) >= 11 is 0. The van der Waals surface area contributed by atoms with Gasteiger partial charge in [0.15, 0.2) is 0 Å². The SMILES string of the molecule is O=CC[C@@H]1CCC=C1c1cc(F)cc(F)c1. The van der Waals surface area contributed by atoms with Crippen molar-refractivity contribution in [3.8, 4) is 0 Å². The van der Waals surface area contributed by atoms with Crippen molar-refractivity contribution in [3.63, 3.8) is 0 Å². The van der Waals surface area contributed by atoms with Gasteiger partial charge in [-0.2, -0.15) is 0 Å². The number of hydrogen-bond acceptors (Lipinski definition) is 1. The Kier molecular flexibility index (Phi) is 3.13. The highest BCUT2D eigenvalue weighted by Crippen LogP contribution is 2.35. The average molecular weight is 222 g/mol. The highest BCUT2D eigenvalue weighted by Gasteiger charge is 2.20. The molecule has 1 nitrogen and oxygen atoms in total. The van der Waals surface area contributed by atoms with Crippen LogP contribution in [0.25, 0.3) is 5.57 Å². The topological polar surface area (TPSA) is 17.1 Å². The zero-order chi connectivity index (χ0) is 11.5. The third-order valence-corrected chi connectivity index (χ3v) is 2.90. The summed E-state index contributed by atoms with van der Waals surface area (Å²) in [6, 6.07) is 3.49. The van der Waals surface area contributed by atoms with Crippen LogP contribution in [0, 0.1) is 17.6 Å². The van der Waals surface area contributed by atoms with Gasteiger partial charge in [-0.05, 0) is 42.0 Å². The molecule has 0 amide bonds. The molecule has 0 aliphatic heterocycles. The lowest BCUT2D eigenvalue weighted by Gasteiger charge is -2.12. The van der Waals surface area contributed by atoms with Crippen LogP contribution < -0.4 is 0 Å². The summed E-state index contributed by atoms with van der Waals surface area (Å²) < 4.78 is 26.1. The van der Waals surface area contributed by atoms with Crippen LogP contribution >= 0.6 is 0 Å². The van der Waals surface area contributed by atoms with Gasteiger partial charge in [-0.25, -0.2) is 8.78 Å². The van der Waals surface area contributed by atoms with E-state index in [1.807, 2.05) is 6.08 Å². The first kappa shape index (κ1) is 11.0. The standard InChI is InChI=1S/C13H12F2O/c14-11-6-10(7-12(15)8-11)13-3-1-2-9(13)4-5-16/h3,5-9H,1-2,4H2/t9-/m0/s1. The molecule has 1 aliphatic rings. The Bertz CT molecular complexity index is 417. The maximum absolute atomic E-state index is 13.1. The quantitative estimate of drug-likeness (QED) is 0.717. The first-order chi connectivity index (χ1) is 7.70. The Morgan fingerprint density at radius 3 is 2.56 bits per heavy atom. The molecule has 0 bridgehead atoms. The Morgan fingerprint density at radius 2 is 1.94 bits per heavy atom. The van der Waals surface area contributed by atoms with Gasteiger partial charge in [0.25, 0.3) is 0 Å². The monoisotopic (exact) mass is 222 g/mol. The fraction of sp³-hybridized carbons (Fsp3) is 0.308. The molecule has 1 aromatic rings. The Labute approximate surface area is 92.8 Å². The summed E-state index contributed by atoms with van der Waals surface area (Å²) in [4.78, 5) is 10.5. The van der Waals surface area contributed by atoms with Gasteiger partial charge in [-0.15, -0.1) is 0 Å². The minimum absolute atomic E-state index is 0.110. The molecule has 3 heteroatoms. The number of carbonyl (C=O) groups is 1. The van der Waals surface area contributed by atoms with E-state index in [2.05, 4.69) is 0 Å². The second-order valence-corrected chi connectivity index (χ2v) is 3.99. The molecule has 1 atom stereocenters. The molecule has 1 aromatic carbocycles. The van der Waals surface area contributed by atoms with E-state index in [1.165, 1.54) is 12.1 Å². The number of carbonyl (C=O) groups excluding carboxylic acids is 1. The minimum atomic E-state index is -0.576. The maximum Gasteiger partial charge on any atom is 0.126 e. The van der Waals surface area contributed by atoms with Crippen LogP contribution in [0.2, 0.25) is 0 Å². The number of allylic oxidation sites excluding steroid dienone is 2. The number of rotatable bonds is 3. The summed E-state index contributed by atoms with van der Waals surface area (Å²) in [5.74, 6) is -1.04. The molecule has 2 rings (SSSR count). The van der Waals surface area contributed by atoms with Crippen molar-refractivity contribution < 1.29 is 13.6 Å². The minimum Gasteiger partial charge on any atom is -0.303 e. The maximum atomic E-state index is 13.1. The van der Waals surface area contributed by atoms with E-state index >= 15 is 0 Å². The number of aldehydes is 1. The summed E-state index contributed by atoms with van der Waals surface area (Å²) in [6.07, 6.45) is 4.99. The van der Waals surface area contributed by atoms with Gasteiger partial charge in [0.2, 0.25) is 0 Å². The van der Waals surface area contributed by atoms with Crippen LogP contribution in [-0.2, 0) is 4.79 Å². The lowest BCUT2D eigenvalue weighted by molar-refractivity contribution is -0.108. The van der Waals surface area contributed by atoms with Gasteiger partial charge in [0.05, 0.1) is 0 Å². The molecule has 0 N–H and O–H groups in total. The molecule has 0 unspecified atom stereocenters. The molecule has 0 saturated heterocycles. The summed E-state index contributed by atoms with van der Waals surface area (Å²) in [6.45, 7) is 0. The molecule has 1 aliphatic carbocycles. The first-order valence-corrected chi connectivity index (χ1v) is 5.31. The average Bonchev–Trinajstić information content (AvgIpc) is 2.65. The van der Waals surface area contributed by atoms with Crippen molar-refractivity contribution >= 4 is 11.9 Å². The van der Waals surface area contributed by atoms with Crippen LogP contribution in [0.5, 0.6) is 0 Å². The molecule has 0 heterocycles. The zero-order valence-corrected chi connectivity index (χ0v) is 8.75. The van der Waals surface area contributed by atoms with E-state index in [0.29, 0.717) is 12.0 Å². The van der Waals surface area contributed by atoms with Crippen molar-refractivity contribution in [2.75, 3.05) is 0 Å². The van der Waals surface area contributed by atoms with Crippen molar-refractivity contribution in [3.05, 3.63) is 41.5 Å². The van der Waals surface area contributed by atoms with Gasteiger partial charge in [-0.1, -0.05) is 6.08 Å². The molecule has 0 aromatic heterocycles. The van der Waals surface area contributed by atoms with Gasteiger partial charge in [0.1, 0.15) is 17.9 Å². The smallest absolute Gasteiger partial charge is 0.126 e. The predicted octanol–water partition coefficient (Wildman–Crippen LogP) is 3.35. The number of benzene rings is 1.